The molecule has 0 heterocycles. The Morgan fingerprint density at radius 2 is 1.57 bits per heavy atom. The lowest BCUT2D eigenvalue weighted by molar-refractivity contribution is -0.131. The topological polar surface area (TPSA) is 35.5 Å². The number of benzene rings is 3. The zero-order valence-corrected chi connectivity index (χ0v) is 19.7. The van der Waals surface area contributed by atoms with Crippen LogP contribution in [0.1, 0.15) is 38.8 Å². The number of hydrogen-bond acceptors (Lipinski definition) is 3. The Morgan fingerprint density at radius 1 is 0.933 bits per heavy atom. The van der Waals surface area contributed by atoms with Crippen molar-refractivity contribution < 1.29 is 14.0 Å². The molecule has 0 fully saturated rings. The lowest BCUT2D eigenvalue weighted by Gasteiger charge is -2.37. The summed E-state index contributed by atoms with van der Waals surface area (Å²) in [5.74, 6) is 1.04. The van der Waals surface area contributed by atoms with Gasteiger partial charge >= 0.3 is 5.97 Å². The molecule has 0 bridgehead atoms. The van der Waals surface area contributed by atoms with Crippen molar-refractivity contribution >= 4 is 36.9 Å². The average Bonchev–Trinajstić information content (AvgIpc) is 2.66. The van der Waals surface area contributed by atoms with E-state index < -0.39 is 8.32 Å². The van der Waals surface area contributed by atoms with Crippen LogP contribution in [0, 0.1) is 0 Å². The maximum atomic E-state index is 11.5. The first-order chi connectivity index (χ1) is 14.1. The molecule has 3 aromatic carbocycles. The van der Waals surface area contributed by atoms with Crippen LogP contribution in [0.2, 0.25) is 18.1 Å². The van der Waals surface area contributed by atoms with Crippen LogP contribution in [-0.2, 0) is 9.22 Å². The molecule has 30 heavy (non-hydrogen) atoms. The predicted octanol–water partition coefficient (Wildman–Crippen LogP) is 7.29. The summed E-state index contributed by atoms with van der Waals surface area (Å²) >= 11 is 0. The van der Waals surface area contributed by atoms with E-state index in [-0.39, 0.29) is 11.0 Å². The minimum Gasteiger partial charge on any atom is -0.543 e. The van der Waals surface area contributed by atoms with Crippen molar-refractivity contribution in [3.63, 3.8) is 0 Å². The van der Waals surface area contributed by atoms with Crippen LogP contribution in [0.25, 0.3) is 22.6 Å². The Hall–Kier alpha value is -2.85. The molecule has 0 unspecified atom stereocenters. The van der Waals surface area contributed by atoms with Gasteiger partial charge in [0.15, 0.2) is 0 Å². The predicted molar refractivity (Wildman–Crippen MR) is 128 cm³/mol. The van der Waals surface area contributed by atoms with E-state index in [1.807, 2.05) is 48.5 Å². The Kier molecular flexibility index (Phi) is 6.18. The molecule has 0 N–H and O–H groups in total. The number of esters is 1. The molecule has 0 aliphatic heterocycles. The van der Waals surface area contributed by atoms with Gasteiger partial charge in [0.05, 0.1) is 0 Å². The Labute approximate surface area is 180 Å². The van der Waals surface area contributed by atoms with Gasteiger partial charge in [-0.2, -0.15) is 0 Å². The summed E-state index contributed by atoms with van der Waals surface area (Å²) in [4.78, 5) is 11.5. The SMILES string of the molecule is CC(=O)Oc1cc(/C=C(\O[Si](C)(C)C(C)(C)C)c2ccccc2)c2ccccc2c1. The number of carbonyl (C=O) groups is 1. The monoisotopic (exact) mass is 418 g/mol. The van der Waals surface area contributed by atoms with Gasteiger partial charge in [0, 0.05) is 12.5 Å². The standard InChI is InChI=1S/C26H30O3Si/c1-19(27)28-23-16-21-14-10-11-15-24(21)22(17-23)18-25(20-12-8-7-9-13-20)29-30(5,6)26(2,3)4/h7-18H,1-6H3/b25-18-. The first kappa shape index (κ1) is 21.8. The fraction of sp³-hybridized carbons (Fsp3) is 0.269. The summed E-state index contributed by atoms with van der Waals surface area (Å²) in [6, 6.07) is 22.1. The van der Waals surface area contributed by atoms with E-state index >= 15 is 0 Å². The van der Waals surface area contributed by atoms with Crippen LogP contribution >= 0.6 is 0 Å². The fourth-order valence-corrected chi connectivity index (χ4v) is 4.03. The number of rotatable bonds is 5. The lowest BCUT2D eigenvalue weighted by Crippen LogP contribution is -2.40. The normalized spacial score (nSPS) is 12.7. The highest BCUT2D eigenvalue weighted by molar-refractivity contribution is 6.74. The molecule has 3 nitrogen and oxygen atoms in total. The van der Waals surface area contributed by atoms with Gasteiger partial charge in [-0.1, -0.05) is 75.4 Å². The largest absolute Gasteiger partial charge is 0.543 e. The zero-order valence-electron chi connectivity index (χ0n) is 18.7. The van der Waals surface area contributed by atoms with Gasteiger partial charge in [-0.15, -0.1) is 0 Å². The molecule has 0 spiro atoms. The van der Waals surface area contributed by atoms with Crippen LogP contribution in [0.15, 0.2) is 66.7 Å². The summed E-state index contributed by atoms with van der Waals surface area (Å²) < 4.78 is 12.2. The molecule has 0 aliphatic rings. The third-order valence-corrected chi connectivity index (χ3v) is 9.99. The van der Waals surface area contributed by atoms with Crippen LogP contribution in [0.4, 0.5) is 0 Å². The van der Waals surface area contributed by atoms with E-state index in [0.29, 0.717) is 5.75 Å². The molecule has 0 aromatic heterocycles. The zero-order chi connectivity index (χ0) is 21.9. The molecule has 0 radical (unpaired) electrons. The summed E-state index contributed by atoms with van der Waals surface area (Å²) in [6.07, 6.45) is 2.07. The molecular formula is C26H30O3Si. The molecule has 3 rings (SSSR count). The molecule has 156 valence electrons. The van der Waals surface area contributed by atoms with E-state index in [1.165, 1.54) is 6.92 Å². The second-order valence-corrected chi connectivity index (χ2v) is 13.8. The minimum atomic E-state index is -2.07. The second-order valence-electron chi connectivity index (χ2n) is 9.06. The summed E-state index contributed by atoms with van der Waals surface area (Å²) in [6.45, 7) is 12.6. The third-order valence-electron chi connectivity index (χ3n) is 5.65. The van der Waals surface area contributed by atoms with E-state index in [4.69, 9.17) is 9.16 Å². The quantitative estimate of drug-likeness (QED) is 0.143. The van der Waals surface area contributed by atoms with E-state index in [2.05, 4.69) is 58.1 Å². The van der Waals surface area contributed by atoms with Crippen LogP contribution in [-0.4, -0.2) is 14.3 Å². The maximum Gasteiger partial charge on any atom is 0.308 e. The van der Waals surface area contributed by atoms with Gasteiger partial charge in [0.2, 0.25) is 0 Å². The molecule has 0 atom stereocenters. The van der Waals surface area contributed by atoms with Gasteiger partial charge in [-0.05, 0) is 52.7 Å². The third kappa shape index (κ3) is 5.00. The number of carbonyl (C=O) groups excluding carboxylic acids is 1. The highest BCUT2D eigenvalue weighted by Gasteiger charge is 2.39. The molecule has 0 saturated heterocycles. The van der Waals surface area contributed by atoms with Crippen molar-refractivity contribution in [2.75, 3.05) is 0 Å². The highest BCUT2D eigenvalue weighted by atomic mass is 28.4. The van der Waals surface area contributed by atoms with E-state index in [1.54, 1.807) is 0 Å². The second kappa shape index (κ2) is 8.48. The van der Waals surface area contributed by atoms with Gasteiger partial charge in [0.25, 0.3) is 8.32 Å². The van der Waals surface area contributed by atoms with Gasteiger partial charge in [0.1, 0.15) is 11.5 Å². The smallest absolute Gasteiger partial charge is 0.308 e. The van der Waals surface area contributed by atoms with E-state index in [9.17, 15) is 4.79 Å². The van der Waals surface area contributed by atoms with Crippen molar-refractivity contribution in [1.82, 2.24) is 0 Å². The maximum absolute atomic E-state index is 11.5. The van der Waals surface area contributed by atoms with Crippen LogP contribution < -0.4 is 4.74 Å². The van der Waals surface area contributed by atoms with Crippen molar-refractivity contribution in [1.29, 1.82) is 0 Å². The first-order valence-corrected chi connectivity index (χ1v) is 13.1. The number of hydrogen-bond donors (Lipinski definition) is 0. The van der Waals surface area contributed by atoms with Gasteiger partial charge < -0.3 is 9.16 Å². The van der Waals surface area contributed by atoms with Crippen molar-refractivity contribution in [3.8, 4) is 5.75 Å². The first-order valence-electron chi connectivity index (χ1n) is 10.2. The number of fused-ring (bicyclic) bond motifs is 1. The minimum absolute atomic E-state index is 0.0720. The van der Waals surface area contributed by atoms with E-state index in [0.717, 1.165) is 27.7 Å². The van der Waals surface area contributed by atoms with Crippen molar-refractivity contribution in [2.24, 2.45) is 0 Å². The van der Waals surface area contributed by atoms with Crippen molar-refractivity contribution in [3.05, 3.63) is 77.9 Å². The fourth-order valence-electron chi connectivity index (χ4n) is 3.00. The van der Waals surface area contributed by atoms with Gasteiger partial charge in [-0.25, -0.2) is 0 Å². The average molecular weight is 419 g/mol. The van der Waals surface area contributed by atoms with Crippen LogP contribution in [0.5, 0.6) is 5.75 Å². The molecular weight excluding hydrogens is 388 g/mol. The van der Waals surface area contributed by atoms with Gasteiger partial charge in [-0.3, -0.25) is 4.79 Å². The Bertz CT molecular complexity index is 1080. The summed E-state index contributed by atoms with van der Waals surface area (Å²) in [7, 11) is -2.07. The van der Waals surface area contributed by atoms with Crippen molar-refractivity contribution in [2.45, 2.75) is 45.8 Å². The molecule has 3 aromatic rings. The Balaban J connectivity index is 2.19. The highest BCUT2D eigenvalue weighted by Crippen LogP contribution is 2.40. The molecule has 0 aliphatic carbocycles. The van der Waals surface area contributed by atoms with Crippen LogP contribution in [0.3, 0.4) is 0 Å². The summed E-state index contributed by atoms with van der Waals surface area (Å²) in [5.41, 5.74) is 1.99. The lowest BCUT2D eigenvalue weighted by atomic mass is 10.0. The molecule has 4 heteroatoms. The molecule has 0 saturated carbocycles. The Morgan fingerprint density at radius 3 is 2.20 bits per heavy atom. The molecule has 0 amide bonds. The number of ether oxygens (including phenoxy) is 1. The summed E-state index contributed by atoms with van der Waals surface area (Å²) in [5, 5.41) is 2.17.